The summed E-state index contributed by atoms with van der Waals surface area (Å²) in [6.45, 7) is 5.41. The van der Waals surface area contributed by atoms with Gasteiger partial charge in [-0.2, -0.15) is 4.31 Å². The number of aromatic nitrogens is 1. The van der Waals surface area contributed by atoms with Crippen molar-refractivity contribution in [2.75, 3.05) is 36.4 Å². The molecule has 2 aromatic rings. The number of rotatable bonds is 8. The molecule has 1 atom stereocenters. The predicted molar refractivity (Wildman–Crippen MR) is 128 cm³/mol. The molecule has 0 radical (unpaired) electrons. The Balaban J connectivity index is 1.76. The first-order valence-electron chi connectivity index (χ1n) is 10.8. The summed E-state index contributed by atoms with van der Waals surface area (Å²) < 4.78 is 26.9. The number of hydrogen-bond acceptors (Lipinski definition) is 6. The number of benzene rings is 1. The fourth-order valence-corrected chi connectivity index (χ4v) is 5.50. The lowest BCUT2D eigenvalue weighted by Gasteiger charge is -2.32. The van der Waals surface area contributed by atoms with Crippen LogP contribution in [-0.2, 0) is 14.8 Å². The van der Waals surface area contributed by atoms with Crippen molar-refractivity contribution in [3.63, 3.8) is 0 Å². The molecule has 1 aliphatic rings. The van der Waals surface area contributed by atoms with Crippen LogP contribution >= 0.6 is 11.6 Å². The van der Waals surface area contributed by atoms with E-state index in [0.29, 0.717) is 31.1 Å². The number of piperidine rings is 1. The SMILES string of the molecule is CCN(CC)S(=O)(=O)c1ccc(Cl)c(C(=O)Nc2ccc(N3CCCC(C(N)=O)C3)nc2)c1. The van der Waals surface area contributed by atoms with Crippen molar-refractivity contribution in [1.82, 2.24) is 9.29 Å². The van der Waals surface area contributed by atoms with Crippen LogP contribution in [0.15, 0.2) is 41.4 Å². The average molecular weight is 494 g/mol. The fraction of sp³-hybridized carbons (Fsp3) is 0.409. The molecule has 0 saturated carbocycles. The maximum atomic E-state index is 12.8. The van der Waals surface area contributed by atoms with E-state index in [9.17, 15) is 18.0 Å². The van der Waals surface area contributed by atoms with E-state index in [1.807, 2.05) is 4.90 Å². The molecule has 0 spiro atoms. The van der Waals surface area contributed by atoms with Gasteiger partial charge in [-0.15, -0.1) is 0 Å². The minimum atomic E-state index is -3.73. The van der Waals surface area contributed by atoms with Gasteiger partial charge in [0.05, 0.1) is 33.3 Å². The van der Waals surface area contributed by atoms with Crippen molar-refractivity contribution in [3.8, 4) is 0 Å². The van der Waals surface area contributed by atoms with Crippen molar-refractivity contribution >= 4 is 44.9 Å². The molecule has 11 heteroatoms. The summed E-state index contributed by atoms with van der Waals surface area (Å²) in [6.07, 6.45) is 3.12. The predicted octanol–water partition coefficient (Wildman–Crippen LogP) is 2.72. The summed E-state index contributed by atoms with van der Waals surface area (Å²) in [7, 11) is -3.73. The van der Waals surface area contributed by atoms with Crippen LogP contribution in [-0.4, -0.2) is 55.7 Å². The highest BCUT2D eigenvalue weighted by Crippen LogP contribution is 2.25. The highest BCUT2D eigenvalue weighted by molar-refractivity contribution is 7.89. The summed E-state index contributed by atoms with van der Waals surface area (Å²) in [6, 6.07) is 7.52. The summed E-state index contributed by atoms with van der Waals surface area (Å²) in [5, 5.41) is 2.85. The third-order valence-electron chi connectivity index (χ3n) is 5.68. The Morgan fingerprint density at radius 1 is 1.24 bits per heavy atom. The minimum Gasteiger partial charge on any atom is -0.369 e. The lowest BCUT2D eigenvalue weighted by Crippen LogP contribution is -2.41. The summed E-state index contributed by atoms with van der Waals surface area (Å²) in [5.41, 5.74) is 5.92. The van der Waals surface area contributed by atoms with E-state index in [4.69, 9.17) is 17.3 Å². The van der Waals surface area contributed by atoms with E-state index < -0.39 is 15.9 Å². The first-order valence-corrected chi connectivity index (χ1v) is 12.6. The number of pyridine rings is 1. The summed E-state index contributed by atoms with van der Waals surface area (Å²) in [4.78, 5) is 30.7. The number of carbonyl (C=O) groups excluding carboxylic acids is 2. The van der Waals surface area contributed by atoms with Crippen molar-refractivity contribution < 1.29 is 18.0 Å². The van der Waals surface area contributed by atoms with E-state index in [0.717, 1.165) is 19.4 Å². The van der Waals surface area contributed by atoms with Gasteiger partial charge in [-0.3, -0.25) is 9.59 Å². The standard InChI is InChI=1S/C22H28ClN5O4S/c1-3-28(4-2)33(31,32)17-8-9-19(23)18(12-17)22(30)26-16-7-10-20(25-13-16)27-11-5-6-15(14-27)21(24)29/h7-10,12-13,15H,3-6,11,14H2,1-2H3,(H2,24,29)(H,26,30). The van der Waals surface area contributed by atoms with Gasteiger partial charge >= 0.3 is 0 Å². The molecule has 2 amide bonds. The topological polar surface area (TPSA) is 126 Å². The molecule has 1 fully saturated rings. The van der Waals surface area contributed by atoms with Crippen LogP contribution in [0, 0.1) is 5.92 Å². The number of nitrogens with one attached hydrogen (secondary N) is 1. The van der Waals surface area contributed by atoms with Gasteiger partial charge in [0.1, 0.15) is 5.82 Å². The first kappa shape index (κ1) is 24.9. The van der Waals surface area contributed by atoms with Crippen molar-refractivity contribution in [2.24, 2.45) is 11.7 Å². The quantitative estimate of drug-likeness (QED) is 0.582. The van der Waals surface area contributed by atoms with Crippen molar-refractivity contribution in [1.29, 1.82) is 0 Å². The normalized spacial score (nSPS) is 16.6. The molecule has 0 bridgehead atoms. The zero-order chi connectivity index (χ0) is 24.2. The Kier molecular flexibility index (Phi) is 7.93. The van der Waals surface area contributed by atoms with Crippen LogP contribution in [0.4, 0.5) is 11.5 Å². The van der Waals surface area contributed by atoms with Crippen LogP contribution in [0.3, 0.4) is 0 Å². The monoisotopic (exact) mass is 493 g/mol. The Hall–Kier alpha value is -2.69. The van der Waals surface area contributed by atoms with Gasteiger partial charge < -0.3 is 16.0 Å². The zero-order valence-electron chi connectivity index (χ0n) is 18.6. The van der Waals surface area contributed by atoms with E-state index >= 15 is 0 Å². The third kappa shape index (κ3) is 5.63. The van der Waals surface area contributed by atoms with Gasteiger partial charge in [0, 0.05) is 26.2 Å². The molecule has 1 aromatic heterocycles. The molecule has 1 aliphatic heterocycles. The van der Waals surface area contributed by atoms with Gasteiger partial charge in [0.25, 0.3) is 5.91 Å². The Morgan fingerprint density at radius 3 is 2.58 bits per heavy atom. The first-order chi connectivity index (χ1) is 15.7. The molecule has 1 aromatic carbocycles. The minimum absolute atomic E-state index is 0.00308. The number of halogens is 1. The van der Waals surface area contributed by atoms with Crippen LogP contribution < -0.4 is 16.0 Å². The van der Waals surface area contributed by atoms with E-state index in [2.05, 4.69) is 10.3 Å². The zero-order valence-corrected chi connectivity index (χ0v) is 20.2. The molecule has 3 N–H and O–H groups in total. The Bertz CT molecular complexity index is 1120. The Labute approximate surface area is 199 Å². The smallest absolute Gasteiger partial charge is 0.257 e. The molecular weight excluding hydrogens is 466 g/mol. The molecule has 178 valence electrons. The van der Waals surface area contributed by atoms with Gasteiger partial charge in [0.15, 0.2) is 0 Å². The fourth-order valence-electron chi connectivity index (χ4n) is 3.81. The number of carbonyl (C=O) groups is 2. The third-order valence-corrected chi connectivity index (χ3v) is 8.05. The maximum Gasteiger partial charge on any atom is 0.257 e. The number of hydrogen-bond donors (Lipinski definition) is 2. The van der Waals surface area contributed by atoms with Crippen LogP contribution in [0.2, 0.25) is 5.02 Å². The van der Waals surface area contributed by atoms with Crippen LogP contribution in [0.5, 0.6) is 0 Å². The van der Waals surface area contributed by atoms with Gasteiger partial charge in [0.2, 0.25) is 15.9 Å². The van der Waals surface area contributed by atoms with E-state index in [-0.39, 0.29) is 27.3 Å². The van der Waals surface area contributed by atoms with E-state index in [1.54, 1.807) is 26.0 Å². The number of sulfonamides is 1. The lowest BCUT2D eigenvalue weighted by molar-refractivity contribution is -0.122. The van der Waals surface area contributed by atoms with Gasteiger partial charge in [-0.05, 0) is 43.2 Å². The lowest BCUT2D eigenvalue weighted by atomic mass is 9.97. The number of primary amides is 1. The Morgan fingerprint density at radius 2 is 1.97 bits per heavy atom. The molecule has 2 heterocycles. The number of amides is 2. The molecule has 1 saturated heterocycles. The van der Waals surface area contributed by atoms with Crippen LogP contribution in [0.25, 0.3) is 0 Å². The van der Waals surface area contributed by atoms with Gasteiger partial charge in [-0.25, -0.2) is 13.4 Å². The number of nitrogens with zero attached hydrogens (tertiary/aromatic N) is 3. The molecule has 0 aliphatic carbocycles. The van der Waals surface area contributed by atoms with Crippen molar-refractivity contribution in [3.05, 3.63) is 47.1 Å². The largest absolute Gasteiger partial charge is 0.369 e. The van der Waals surface area contributed by atoms with Crippen LogP contribution in [0.1, 0.15) is 37.0 Å². The second-order valence-corrected chi connectivity index (χ2v) is 10.1. The van der Waals surface area contributed by atoms with Gasteiger partial charge in [-0.1, -0.05) is 25.4 Å². The molecular formula is C22H28ClN5O4S. The van der Waals surface area contributed by atoms with E-state index in [1.165, 1.54) is 28.7 Å². The molecule has 9 nitrogen and oxygen atoms in total. The average Bonchev–Trinajstić information content (AvgIpc) is 2.80. The second kappa shape index (κ2) is 10.5. The summed E-state index contributed by atoms with van der Waals surface area (Å²) in [5.74, 6) is -0.380. The summed E-state index contributed by atoms with van der Waals surface area (Å²) >= 11 is 6.19. The highest BCUT2D eigenvalue weighted by Gasteiger charge is 2.25. The molecule has 33 heavy (non-hydrogen) atoms. The van der Waals surface area contributed by atoms with Crippen molar-refractivity contribution in [2.45, 2.75) is 31.6 Å². The highest BCUT2D eigenvalue weighted by atomic mass is 35.5. The second-order valence-electron chi connectivity index (χ2n) is 7.78. The molecule has 1 unspecified atom stereocenters. The molecule has 3 rings (SSSR count). The number of anilines is 2. The number of nitrogens with two attached hydrogens (primary N) is 1. The maximum absolute atomic E-state index is 12.8.